The van der Waals surface area contributed by atoms with Crippen LogP contribution in [-0.4, -0.2) is 100 Å². The number of hydrogen-bond donors (Lipinski definition) is 10. The smallest absolute Gasteiger partial charge is 0.326 e. The van der Waals surface area contributed by atoms with Gasteiger partial charge in [0.1, 0.15) is 30.2 Å². The first-order valence-electron chi connectivity index (χ1n) is 15.2. The molecule has 18 heteroatoms. The molecule has 1 aromatic carbocycles. The summed E-state index contributed by atoms with van der Waals surface area (Å²) < 4.78 is 0. The quantitative estimate of drug-likeness (QED) is 0.0602. The van der Waals surface area contributed by atoms with Crippen molar-refractivity contribution in [1.29, 1.82) is 0 Å². The van der Waals surface area contributed by atoms with Gasteiger partial charge in [-0.3, -0.25) is 33.6 Å². The van der Waals surface area contributed by atoms with Crippen LogP contribution in [0.2, 0.25) is 0 Å². The normalized spacial score (nSPS) is 15.2. The van der Waals surface area contributed by atoms with Gasteiger partial charge < -0.3 is 54.0 Å². The maximum Gasteiger partial charge on any atom is 0.326 e. The Morgan fingerprint density at radius 2 is 1.27 bits per heavy atom. The molecule has 0 aromatic heterocycles. The first kappa shape index (κ1) is 40.9. The highest BCUT2D eigenvalue weighted by atomic mass is 16.4. The zero-order chi connectivity index (χ0) is 36.6. The summed E-state index contributed by atoms with van der Waals surface area (Å²) in [5.41, 5.74) is 16.3. The average Bonchev–Trinajstić information content (AvgIpc) is 3.02. The Balaban J connectivity index is 3.37. The second kappa shape index (κ2) is 20.2. The van der Waals surface area contributed by atoms with E-state index in [1.807, 2.05) is 0 Å². The zero-order valence-corrected chi connectivity index (χ0v) is 27.1. The van der Waals surface area contributed by atoms with Crippen molar-refractivity contribution in [2.45, 2.75) is 89.2 Å². The topological polar surface area (TPSA) is 315 Å². The molecule has 0 bridgehead atoms. The predicted molar refractivity (Wildman–Crippen MR) is 170 cm³/mol. The van der Waals surface area contributed by atoms with Gasteiger partial charge in [-0.25, -0.2) is 4.79 Å². The highest BCUT2D eigenvalue weighted by Gasteiger charge is 2.35. The number of aliphatic hydroxyl groups excluding tert-OH is 1. The minimum absolute atomic E-state index is 0.103. The summed E-state index contributed by atoms with van der Waals surface area (Å²) in [5.74, 6) is -8.35. The number of carbonyl (C=O) groups excluding carboxylic acids is 7. The van der Waals surface area contributed by atoms with Crippen LogP contribution in [0.25, 0.3) is 0 Å². The van der Waals surface area contributed by atoms with Crippen molar-refractivity contribution in [2.75, 3.05) is 6.54 Å². The number of carboxylic acid groups (broad SMARTS) is 1. The summed E-state index contributed by atoms with van der Waals surface area (Å²) >= 11 is 0. The van der Waals surface area contributed by atoms with Crippen LogP contribution < -0.4 is 43.8 Å². The second-order valence-electron chi connectivity index (χ2n) is 11.2. The Labute approximate surface area is 277 Å². The molecule has 0 saturated heterocycles. The number of carboxylic acids is 1. The van der Waals surface area contributed by atoms with E-state index < -0.39 is 103 Å². The van der Waals surface area contributed by atoms with Gasteiger partial charge in [0.15, 0.2) is 0 Å². The van der Waals surface area contributed by atoms with Gasteiger partial charge >= 0.3 is 5.97 Å². The van der Waals surface area contributed by atoms with Gasteiger partial charge in [0.25, 0.3) is 0 Å². The van der Waals surface area contributed by atoms with E-state index in [1.165, 1.54) is 6.92 Å². The van der Waals surface area contributed by atoms with Crippen LogP contribution in [0, 0.1) is 5.92 Å². The Morgan fingerprint density at radius 1 is 0.729 bits per heavy atom. The summed E-state index contributed by atoms with van der Waals surface area (Å²) in [6.45, 7) is 4.07. The molecule has 0 aliphatic rings. The lowest BCUT2D eigenvalue weighted by Gasteiger charge is -2.29. The van der Waals surface area contributed by atoms with Crippen molar-refractivity contribution in [3.05, 3.63) is 35.9 Å². The molecule has 1 rings (SSSR count). The Morgan fingerprint density at radius 3 is 1.77 bits per heavy atom. The number of benzene rings is 1. The van der Waals surface area contributed by atoms with E-state index in [4.69, 9.17) is 17.2 Å². The molecule has 0 saturated carbocycles. The number of aliphatic hydroxyl groups is 1. The minimum Gasteiger partial charge on any atom is -0.480 e. The van der Waals surface area contributed by atoms with Gasteiger partial charge in [-0.05, 0) is 24.8 Å². The standard InChI is InChI=1S/C30H46N8O10/c1-4-15(2)24(28(45)36-20(30(47)48)13-22(33)41)38-26(43)18(10-11-21(32)40)34-27(44)19(12-17-8-6-5-7-9-17)35-29(46)25(16(3)39)37-23(42)14-31/h5-9,15-16,18-20,24-25,39H,4,10-14,31H2,1-3H3,(H2,32,40)(H2,33,41)(H,34,44)(H,35,46)(H,36,45)(H,37,42)(H,38,43)(H,47,48)/t15-,16+,18-,19-,20-,24-,25-/m0/s1. The maximum absolute atomic E-state index is 13.7. The molecule has 48 heavy (non-hydrogen) atoms. The fourth-order valence-electron chi connectivity index (χ4n) is 4.40. The van der Waals surface area contributed by atoms with Gasteiger partial charge in [-0.15, -0.1) is 0 Å². The number of nitrogens with two attached hydrogens (primary N) is 3. The van der Waals surface area contributed by atoms with Crippen LogP contribution in [0.1, 0.15) is 52.0 Å². The molecule has 0 unspecified atom stereocenters. The molecule has 266 valence electrons. The molecular formula is C30H46N8O10. The minimum atomic E-state index is -1.67. The molecule has 0 fully saturated rings. The first-order chi connectivity index (χ1) is 22.5. The summed E-state index contributed by atoms with van der Waals surface area (Å²) in [6.07, 6.45) is -2.56. The van der Waals surface area contributed by atoms with Crippen LogP contribution in [0.15, 0.2) is 30.3 Å². The van der Waals surface area contributed by atoms with Gasteiger partial charge in [0, 0.05) is 12.8 Å². The maximum atomic E-state index is 13.7. The van der Waals surface area contributed by atoms with Crippen molar-refractivity contribution < 1.29 is 48.6 Å². The predicted octanol–water partition coefficient (Wildman–Crippen LogP) is -3.74. The van der Waals surface area contributed by atoms with E-state index in [0.29, 0.717) is 12.0 Å². The number of amides is 7. The largest absolute Gasteiger partial charge is 0.480 e. The Hall–Kier alpha value is -5.10. The molecule has 7 amide bonds. The fraction of sp³-hybridized carbons (Fsp3) is 0.533. The lowest BCUT2D eigenvalue weighted by atomic mass is 9.96. The third-order valence-corrected chi connectivity index (χ3v) is 7.31. The van der Waals surface area contributed by atoms with Crippen molar-refractivity contribution in [1.82, 2.24) is 26.6 Å². The molecule has 18 nitrogen and oxygen atoms in total. The van der Waals surface area contributed by atoms with E-state index in [1.54, 1.807) is 44.2 Å². The van der Waals surface area contributed by atoms with E-state index >= 15 is 0 Å². The molecule has 0 radical (unpaired) electrons. The van der Waals surface area contributed by atoms with Crippen molar-refractivity contribution in [3.63, 3.8) is 0 Å². The van der Waals surface area contributed by atoms with Gasteiger partial charge in [0.2, 0.25) is 41.4 Å². The Kier molecular flexibility index (Phi) is 17.2. The number of carbonyl (C=O) groups is 8. The Bertz CT molecular complexity index is 1310. The van der Waals surface area contributed by atoms with E-state index in [9.17, 15) is 48.6 Å². The summed E-state index contributed by atoms with van der Waals surface area (Å²) in [4.78, 5) is 99.9. The number of hydrogen-bond acceptors (Lipinski definition) is 10. The van der Waals surface area contributed by atoms with Gasteiger partial charge in [0.05, 0.1) is 19.1 Å². The van der Waals surface area contributed by atoms with E-state index in [0.717, 1.165) is 0 Å². The summed E-state index contributed by atoms with van der Waals surface area (Å²) in [6, 6.07) is 1.08. The molecule has 0 aliphatic heterocycles. The number of nitrogens with one attached hydrogen (secondary N) is 5. The van der Waals surface area contributed by atoms with Gasteiger partial charge in [-0.2, -0.15) is 0 Å². The SMILES string of the molecule is CC[C@H](C)[C@H](NC(=O)[C@H](CCC(N)=O)NC(=O)[C@H](Cc1ccccc1)NC(=O)[C@@H](NC(=O)CN)[C@@H](C)O)C(=O)N[C@@H](CC(N)=O)C(=O)O. The lowest BCUT2D eigenvalue weighted by Crippen LogP contribution is -2.61. The third kappa shape index (κ3) is 14.1. The fourth-order valence-corrected chi connectivity index (χ4v) is 4.40. The molecule has 7 atom stereocenters. The average molecular weight is 679 g/mol. The van der Waals surface area contributed by atoms with Gasteiger partial charge in [-0.1, -0.05) is 50.6 Å². The number of aliphatic carboxylic acids is 1. The molecule has 0 aliphatic carbocycles. The highest BCUT2D eigenvalue weighted by Crippen LogP contribution is 2.11. The number of rotatable bonds is 21. The number of primary amides is 2. The zero-order valence-electron chi connectivity index (χ0n) is 27.1. The molecular weight excluding hydrogens is 632 g/mol. The molecule has 13 N–H and O–H groups in total. The van der Waals surface area contributed by atoms with Crippen LogP contribution in [-0.2, 0) is 44.8 Å². The second-order valence-corrected chi connectivity index (χ2v) is 11.2. The third-order valence-electron chi connectivity index (χ3n) is 7.31. The van der Waals surface area contributed by atoms with Crippen LogP contribution in [0.3, 0.4) is 0 Å². The van der Waals surface area contributed by atoms with Crippen LogP contribution in [0.4, 0.5) is 0 Å². The van der Waals surface area contributed by atoms with Crippen molar-refractivity contribution >= 4 is 47.3 Å². The van der Waals surface area contributed by atoms with Crippen LogP contribution >= 0.6 is 0 Å². The van der Waals surface area contributed by atoms with Crippen molar-refractivity contribution in [2.24, 2.45) is 23.1 Å². The molecule has 0 spiro atoms. The van der Waals surface area contributed by atoms with Crippen molar-refractivity contribution in [3.8, 4) is 0 Å². The summed E-state index contributed by atoms with van der Waals surface area (Å²) in [5, 5.41) is 31.4. The van der Waals surface area contributed by atoms with Crippen LogP contribution in [0.5, 0.6) is 0 Å². The highest BCUT2D eigenvalue weighted by molar-refractivity contribution is 5.97. The first-order valence-corrected chi connectivity index (χ1v) is 15.2. The molecule has 0 heterocycles. The summed E-state index contributed by atoms with van der Waals surface area (Å²) in [7, 11) is 0. The van der Waals surface area contributed by atoms with E-state index in [2.05, 4.69) is 26.6 Å². The lowest BCUT2D eigenvalue weighted by molar-refractivity contribution is -0.144. The van der Waals surface area contributed by atoms with E-state index in [-0.39, 0.29) is 19.3 Å². The monoisotopic (exact) mass is 678 g/mol. The molecule has 1 aromatic rings.